The van der Waals surface area contributed by atoms with Crippen molar-refractivity contribution in [3.05, 3.63) is 0 Å². The summed E-state index contributed by atoms with van der Waals surface area (Å²) < 4.78 is 0. The van der Waals surface area contributed by atoms with Gasteiger partial charge in [-0.05, 0) is 11.8 Å². The smallest absolute Gasteiger partial charge is 0.0891 e. The first-order chi connectivity index (χ1) is 5.11. The molecule has 0 aliphatic carbocycles. The molecule has 0 aromatic heterocycles. The largest absolute Gasteiger partial charge is 0.120 e. The van der Waals surface area contributed by atoms with Crippen LogP contribution >= 0.6 is 0 Å². The summed E-state index contributed by atoms with van der Waals surface area (Å²) in [5.41, 5.74) is 0. The zero-order valence-electron chi connectivity index (χ0n) is 8.85. The molecule has 0 nitrogen and oxygen atoms in total. The van der Waals surface area contributed by atoms with Crippen LogP contribution < -0.4 is 0 Å². The maximum atomic E-state index is 2.37. The fourth-order valence-corrected chi connectivity index (χ4v) is 1.59. The van der Waals surface area contributed by atoms with Crippen LogP contribution in [0.5, 0.6) is 0 Å². The molecule has 0 aromatic carbocycles. The Hall–Kier alpha value is 0.0649. The molecule has 0 aliphatic rings. The molecule has 11 heavy (non-hydrogen) atoms. The maximum Gasteiger partial charge on any atom is 0.120 e. The van der Waals surface area contributed by atoms with Crippen molar-refractivity contribution in [2.45, 2.75) is 53.2 Å². The minimum Gasteiger partial charge on any atom is -0.0891 e. The van der Waals surface area contributed by atoms with Gasteiger partial charge in [-0.25, -0.2) is 0 Å². The molecule has 0 aromatic rings. The van der Waals surface area contributed by atoms with Crippen molar-refractivity contribution in [2.24, 2.45) is 11.8 Å². The summed E-state index contributed by atoms with van der Waals surface area (Å²) in [7, 11) is 1.34. The topological polar surface area (TPSA) is 0 Å². The molecule has 2 atom stereocenters. The lowest BCUT2D eigenvalue weighted by Gasteiger charge is -2.21. The molecule has 66 valence electrons. The highest BCUT2D eigenvalue weighted by atomic mass is 14.2. The molecule has 0 N–H and O–H groups in total. The minimum atomic E-state index is 0.869. The Labute approximate surface area is 73.0 Å². The van der Waals surface area contributed by atoms with Gasteiger partial charge in [-0.15, -0.1) is 0 Å². The molecule has 0 spiro atoms. The summed E-state index contributed by atoms with van der Waals surface area (Å²) in [6, 6.07) is 0. The fourth-order valence-electron chi connectivity index (χ4n) is 1.59. The summed E-state index contributed by atoms with van der Waals surface area (Å²) in [5.74, 6) is 2.74. The molecule has 0 amide bonds. The Morgan fingerprint density at radius 2 is 1.73 bits per heavy atom. The fraction of sp³-hybridized carbons (Fsp3) is 1.00. The first-order valence-corrected chi connectivity index (χ1v) is 5.11. The molecule has 0 bridgehead atoms. The Morgan fingerprint density at radius 3 is 2.00 bits per heavy atom. The van der Waals surface area contributed by atoms with Gasteiger partial charge >= 0.3 is 0 Å². The van der Waals surface area contributed by atoms with Gasteiger partial charge in [0.15, 0.2) is 0 Å². The second kappa shape index (κ2) is 5.68. The Bertz CT molecular complexity index is 88.9. The normalized spacial score (nSPS) is 16.5. The third-order valence-corrected chi connectivity index (χ3v) is 2.87. The molecule has 0 saturated carbocycles. The lowest BCUT2D eigenvalue weighted by Crippen LogP contribution is -2.11. The number of hydrogen-bond acceptors (Lipinski definition) is 0. The van der Waals surface area contributed by atoms with E-state index in [1.807, 2.05) is 0 Å². The van der Waals surface area contributed by atoms with Gasteiger partial charge in [0.05, 0.1) is 0 Å². The number of rotatable bonds is 5. The average molecular weight is 154 g/mol. The van der Waals surface area contributed by atoms with Crippen LogP contribution in [0.3, 0.4) is 0 Å². The van der Waals surface area contributed by atoms with E-state index in [0.717, 1.165) is 17.7 Å². The third-order valence-electron chi connectivity index (χ3n) is 2.87. The van der Waals surface area contributed by atoms with Crippen molar-refractivity contribution in [3.63, 3.8) is 0 Å². The van der Waals surface area contributed by atoms with Gasteiger partial charge in [0.25, 0.3) is 0 Å². The highest BCUT2D eigenvalue weighted by Crippen LogP contribution is 2.25. The monoisotopic (exact) mass is 154 g/mol. The van der Waals surface area contributed by atoms with Gasteiger partial charge in [-0.3, -0.25) is 0 Å². The quantitative estimate of drug-likeness (QED) is 0.532. The standard InChI is InChI=1S/C10H23B/c1-6-10(8(2)3)7-9(4)11-5/h8-11H,6-7H2,1-5H3. The minimum absolute atomic E-state index is 0.869. The maximum absolute atomic E-state index is 2.37. The van der Waals surface area contributed by atoms with Gasteiger partial charge in [0.2, 0.25) is 0 Å². The second-order valence-corrected chi connectivity index (χ2v) is 4.16. The lowest BCUT2D eigenvalue weighted by atomic mass is 9.63. The van der Waals surface area contributed by atoms with Crippen LogP contribution in [0, 0.1) is 11.8 Å². The Balaban J connectivity index is 3.68. The predicted molar refractivity (Wildman–Crippen MR) is 55.7 cm³/mol. The van der Waals surface area contributed by atoms with E-state index in [-0.39, 0.29) is 0 Å². The molecule has 0 saturated heterocycles. The highest BCUT2D eigenvalue weighted by Gasteiger charge is 2.13. The first-order valence-electron chi connectivity index (χ1n) is 5.11. The van der Waals surface area contributed by atoms with E-state index in [1.54, 1.807) is 0 Å². The number of hydrogen-bond donors (Lipinski definition) is 0. The summed E-state index contributed by atoms with van der Waals surface area (Å²) >= 11 is 0. The van der Waals surface area contributed by atoms with E-state index >= 15 is 0 Å². The molecule has 0 radical (unpaired) electrons. The molecule has 1 heteroatoms. The molecule has 0 fully saturated rings. The van der Waals surface area contributed by atoms with E-state index in [9.17, 15) is 0 Å². The van der Waals surface area contributed by atoms with Crippen molar-refractivity contribution in [1.29, 1.82) is 0 Å². The average Bonchev–Trinajstić information content (AvgIpc) is 1.99. The third kappa shape index (κ3) is 4.50. The Morgan fingerprint density at radius 1 is 1.18 bits per heavy atom. The summed E-state index contributed by atoms with van der Waals surface area (Å²) in [6.45, 7) is 11.7. The lowest BCUT2D eigenvalue weighted by molar-refractivity contribution is 0.345. The molecule has 0 aliphatic heterocycles. The van der Waals surface area contributed by atoms with Gasteiger partial charge in [0, 0.05) is 0 Å². The SMILES string of the molecule is CBC(C)CC(CC)C(C)C. The van der Waals surface area contributed by atoms with Crippen molar-refractivity contribution in [3.8, 4) is 0 Å². The van der Waals surface area contributed by atoms with Crippen LogP contribution in [0.15, 0.2) is 0 Å². The predicted octanol–water partition coefficient (Wildman–Crippen LogP) is 3.35. The zero-order chi connectivity index (χ0) is 8.85. The first kappa shape index (κ1) is 11.1. The van der Waals surface area contributed by atoms with Crippen LogP contribution in [0.4, 0.5) is 0 Å². The van der Waals surface area contributed by atoms with E-state index in [2.05, 4.69) is 34.5 Å². The van der Waals surface area contributed by atoms with E-state index in [1.165, 1.54) is 20.1 Å². The van der Waals surface area contributed by atoms with Crippen LogP contribution in [0.2, 0.25) is 12.6 Å². The van der Waals surface area contributed by atoms with Gasteiger partial charge < -0.3 is 0 Å². The molecule has 0 heterocycles. The van der Waals surface area contributed by atoms with Crippen LogP contribution in [0.25, 0.3) is 0 Å². The van der Waals surface area contributed by atoms with E-state index in [0.29, 0.717) is 0 Å². The molecular weight excluding hydrogens is 131 g/mol. The van der Waals surface area contributed by atoms with Gasteiger partial charge in [-0.1, -0.05) is 53.2 Å². The molecule has 0 rings (SSSR count). The summed E-state index contributed by atoms with van der Waals surface area (Å²) in [4.78, 5) is 0. The van der Waals surface area contributed by atoms with Crippen molar-refractivity contribution in [1.82, 2.24) is 0 Å². The van der Waals surface area contributed by atoms with Gasteiger partial charge in [0.1, 0.15) is 7.28 Å². The summed E-state index contributed by atoms with van der Waals surface area (Å²) in [5, 5.41) is 0. The highest BCUT2D eigenvalue weighted by molar-refractivity contribution is 6.35. The van der Waals surface area contributed by atoms with Crippen molar-refractivity contribution < 1.29 is 0 Å². The molecule has 2 unspecified atom stereocenters. The van der Waals surface area contributed by atoms with Crippen LogP contribution in [0.1, 0.15) is 40.5 Å². The Kier molecular flexibility index (Phi) is 5.72. The van der Waals surface area contributed by atoms with Crippen LogP contribution in [-0.4, -0.2) is 7.28 Å². The van der Waals surface area contributed by atoms with Crippen molar-refractivity contribution >= 4 is 7.28 Å². The summed E-state index contributed by atoms with van der Waals surface area (Å²) in [6.07, 6.45) is 2.77. The van der Waals surface area contributed by atoms with Crippen LogP contribution in [-0.2, 0) is 0 Å². The zero-order valence-corrected chi connectivity index (χ0v) is 8.85. The van der Waals surface area contributed by atoms with Crippen molar-refractivity contribution in [2.75, 3.05) is 0 Å². The van der Waals surface area contributed by atoms with E-state index < -0.39 is 0 Å². The molecular formula is C10H23B. The second-order valence-electron chi connectivity index (χ2n) is 4.16. The van der Waals surface area contributed by atoms with Gasteiger partial charge in [-0.2, -0.15) is 0 Å². The van der Waals surface area contributed by atoms with E-state index in [4.69, 9.17) is 0 Å².